The van der Waals surface area contributed by atoms with Gasteiger partial charge in [-0.2, -0.15) is 0 Å². The van der Waals surface area contributed by atoms with E-state index in [1.807, 2.05) is 0 Å². The molecule has 0 aliphatic carbocycles. The summed E-state index contributed by atoms with van der Waals surface area (Å²) in [6.07, 6.45) is -1.24. The molecule has 0 fully saturated rings. The minimum atomic E-state index is -1.24. The van der Waals surface area contributed by atoms with Crippen LogP contribution in [0.3, 0.4) is 0 Å². The van der Waals surface area contributed by atoms with Gasteiger partial charge in [0.05, 0.1) is 9.50 Å². The number of rotatable bonds is 2. The number of furan rings is 1. The van der Waals surface area contributed by atoms with Gasteiger partial charge in [-0.15, -0.1) is 0 Å². The van der Waals surface area contributed by atoms with Crippen molar-refractivity contribution in [3.05, 3.63) is 68.9 Å². The van der Waals surface area contributed by atoms with Crippen molar-refractivity contribution in [1.29, 1.82) is 0 Å². The van der Waals surface area contributed by atoms with Crippen LogP contribution in [-0.2, 0) is 0 Å². The molecule has 1 heterocycles. The Morgan fingerprint density at radius 2 is 1.95 bits per heavy atom. The molecule has 21 heavy (non-hydrogen) atoms. The SMILES string of the molecule is OC(c1cc2cccc(Cl)c2o1)c1ccc(F)c(F)c1Br. The van der Waals surface area contributed by atoms with Gasteiger partial charge in [-0.1, -0.05) is 29.8 Å². The Morgan fingerprint density at radius 3 is 2.67 bits per heavy atom. The van der Waals surface area contributed by atoms with Crippen LogP contribution >= 0.6 is 27.5 Å². The Balaban J connectivity index is 2.10. The molecule has 0 amide bonds. The normalized spacial score (nSPS) is 12.8. The van der Waals surface area contributed by atoms with E-state index in [9.17, 15) is 13.9 Å². The van der Waals surface area contributed by atoms with Gasteiger partial charge in [0, 0.05) is 10.9 Å². The van der Waals surface area contributed by atoms with E-state index in [2.05, 4.69) is 15.9 Å². The Hall–Kier alpha value is -1.43. The highest BCUT2D eigenvalue weighted by atomic mass is 79.9. The van der Waals surface area contributed by atoms with E-state index in [4.69, 9.17) is 16.0 Å². The summed E-state index contributed by atoms with van der Waals surface area (Å²) < 4.78 is 32.1. The third-order valence-corrected chi connectivity index (χ3v) is 4.25. The van der Waals surface area contributed by atoms with Crippen molar-refractivity contribution in [1.82, 2.24) is 0 Å². The summed E-state index contributed by atoms with van der Waals surface area (Å²) in [6.45, 7) is 0. The van der Waals surface area contributed by atoms with Crippen molar-refractivity contribution in [3.63, 3.8) is 0 Å². The van der Waals surface area contributed by atoms with Gasteiger partial charge in [-0.3, -0.25) is 0 Å². The van der Waals surface area contributed by atoms with Crippen molar-refractivity contribution in [2.75, 3.05) is 0 Å². The monoisotopic (exact) mass is 372 g/mol. The van der Waals surface area contributed by atoms with Crippen LogP contribution in [0.5, 0.6) is 0 Å². The van der Waals surface area contributed by atoms with E-state index in [1.165, 1.54) is 6.07 Å². The Bertz CT molecular complexity index is 832. The second-order valence-corrected chi connectivity index (χ2v) is 5.67. The molecule has 0 saturated carbocycles. The molecular formula is C15H8BrClF2O2. The van der Waals surface area contributed by atoms with Crippen molar-refractivity contribution in [2.45, 2.75) is 6.10 Å². The summed E-state index contributed by atoms with van der Waals surface area (Å²) in [5.74, 6) is -1.85. The fourth-order valence-electron chi connectivity index (χ4n) is 2.09. The highest BCUT2D eigenvalue weighted by molar-refractivity contribution is 9.10. The van der Waals surface area contributed by atoms with Crippen LogP contribution in [0, 0.1) is 11.6 Å². The van der Waals surface area contributed by atoms with Crippen LogP contribution in [0.4, 0.5) is 8.78 Å². The number of aliphatic hydroxyl groups is 1. The summed E-state index contributed by atoms with van der Waals surface area (Å²) in [7, 11) is 0. The third-order valence-electron chi connectivity index (χ3n) is 3.14. The minimum absolute atomic E-state index is 0.137. The molecule has 0 bridgehead atoms. The fraction of sp³-hybridized carbons (Fsp3) is 0.0667. The fourth-order valence-corrected chi connectivity index (χ4v) is 2.85. The first-order valence-electron chi connectivity index (χ1n) is 5.98. The Kier molecular flexibility index (Phi) is 3.73. The van der Waals surface area contributed by atoms with Crippen molar-refractivity contribution in [3.8, 4) is 0 Å². The second kappa shape index (κ2) is 5.40. The average Bonchev–Trinajstić information content (AvgIpc) is 2.90. The lowest BCUT2D eigenvalue weighted by Crippen LogP contribution is -2.01. The van der Waals surface area contributed by atoms with Crippen molar-refractivity contribution in [2.24, 2.45) is 0 Å². The van der Waals surface area contributed by atoms with E-state index < -0.39 is 17.7 Å². The second-order valence-electron chi connectivity index (χ2n) is 4.47. The van der Waals surface area contributed by atoms with Gasteiger partial charge in [-0.05, 0) is 34.1 Å². The number of hydrogen-bond donors (Lipinski definition) is 1. The van der Waals surface area contributed by atoms with Crippen molar-refractivity contribution >= 4 is 38.5 Å². The lowest BCUT2D eigenvalue weighted by Gasteiger charge is -2.11. The van der Waals surface area contributed by atoms with E-state index in [1.54, 1.807) is 24.3 Å². The molecule has 0 spiro atoms. The zero-order valence-corrected chi connectivity index (χ0v) is 12.8. The molecular weight excluding hydrogens is 366 g/mol. The van der Waals surface area contributed by atoms with Gasteiger partial charge >= 0.3 is 0 Å². The summed E-state index contributed by atoms with van der Waals surface area (Å²) in [5, 5.41) is 11.5. The molecule has 0 aliphatic heterocycles. The van der Waals surface area contributed by atoms with E-state index in [0.29, 0.717) is 10.6 Å². The molecule has 2 aromatic carbocycles. The number of aliphatic hydroxyl groups excluding tert-OH is 1. The van der Waals surface area contributed by atoms with Crippen LogP contribution in [0.25, 0.3) is 11.0 Å². The molecule has 108 valence electrons. The summed E-state index contributed by atoms with van der Waals surface area (Å²) in [6, 6.07) is 9.05. The topological polar surface area (TPSA) is 33.4 Å². The molecule has 2 nitrogen and oxygen atoms in total. The summed E-state index contributed by atoms with van der Waals surface area (Å²) >= 11 is 8.95. The maximum absolute atomic E-state index is 13.6. The average molecular weight is 374 g/mol. The number of halogens is 4. The van der Waals surface area contributed by atoms with Gasteiger partial charge in [0.25, 0.3) is 0 Å². The number of hydrogen-bond acceptors (Lipinski definition) is 2. The zero-order valence-electron chi connectivity index (χ0n) is 10.4. The molecule has 0 saturated heterocycles. The number of para-hydroxylation sites is 1. The largest absolute Gasteiger partial charge is 0.456 e. The van der Waals surface area contributed by atoms with Crippen LogP contribution in [0.1, 0.15) is 17.4 Å². The molecule has 1 N–H and O–H groups in total. The molecule has 0 radical (unpaired) electrons. The quantitative estimate of drug-likeness (QED) is 0.626. The molecule has 1 atom stereocenters. The highest BCUT2D eigenvalue weighted by Crippen LogP contribution is 2.35. The van der Waals surface area contributed by atoms with Gasteiger partial charge in [0.1, 0.15) is 11.9 Å². The van der Waals surface area contributed by atoms with E-state index in [-0.39, 0.29) is 15.8 Å². The van der Waals surface area contributed by atoms with Gasteiger partial charge in [0.2, 0.25) is 0 Å². The van der Waals surface area contributed by atoms with E-state index >= 15 is 0 Å². The van der Waals surface area contributed by atoms with Crippen molar-refractivity contribution < 1.29 is 18.3 Å². The maximum atomic E-state index is 13.6. The van der Waals surface area contributed by atoms with Crippen LogP contribution < -0.4 is 0 Å². The Morgan fingerprint density at radius 1 is 1.19 bits per heavy atom. The standard InChI is InChI=1S/C15H8BrClF2O2/c16-12-8(4-5-10(18)13(12)19)14(20)11-6-7-2-1-3-9(17)15(7)21-11/h1-6,14,20H. The van der Waals surface area contributed by atoms with Crippen LogP contribution in [0.2, 0.25) is 5.02 Å². The maximum Gasteiger partial charge on any atom is 0.173 e. The molecule has 3 aromatic rings. The predicted molar refractivity (Wildman–Crippen MR) is 79.3 cm³/mol. The predicted octanol–water partition coefficient (Wildman–Crippen LogP) is 5.21. The lowest BCUT2D eigenvalue weighted by atomic mass is 10.1. The minimum Gasteiger partial charge on any atom is -0.456 e. The first-order chi connectivity index (χ1) is 9.99. The molecule has 6 heteroatoms. The third kappa shape index (κ3) is 2.46. The first-order valence-corrected chi connectivity index (χ1v) is 7.15. The van der Waals surface area contributed by atoms with Gasteiger partial charge in [0.15, 0.2) is 17.2 Å². The van der Waals surface area contributed by atoms with Crippen LogP contribution in [0.15, 0.2) is 45.3 Å². The van der Waals surface area contributed by atoms with Crippen LogP contribution in [-0.4, -0.2) is 5.11 Å². The molecule has 1 aromatic heterocycles. The summed E-state index contributed by atoms with van der Waals surface area (Å²) in [4.78, 5) is 0. The molecule has 3 rings (SSSR count). The smallest absolute Gasteiger partial charge is 0.173 e. The van der Waals surface area contributed by atoms with Gasteiger partial charge in [-0.25, -0.2) is 8.78 Å². The highest BCUT2D eigenvalue weighted by Gasteiger charge is 2.22. The number of benzene rings is 2. The Labute approximate surface area is 132 Å². The molecule has 0 aliphatic rings. The first kappa shape index (κ1) is 14.5. The van der Waals surface area contributed by atoms with Gasteiger partial charge < -0.3 is 9.52 Å². The molecule has 1 unspecified atom stereocenters. The van der Waals surface area contributed by atoms with E-state index in [0.717, 1.165) is 11.5 Å². The lowest BCUT2D eigenvalue weighted by molar-refractivity contribution is 0.191. The summed E-state index contributed by atoms with van der Waals surface area (Å²) in [5.41, 5.74) is 0.607. The zero-order chi connectivity index (χ0) is 15.1. The number of fused-ring (bicyclic) bond motifs is 1.